The third-order valence-corrected chi connectivity index (χ3v) is 3.35. The summed E-state index contributed by atoms with van der Waals surface area (Å²) in [6, 6.07) is 9.44. The first kappa shape index (κ1) is 14.8. The number of nitrogens with one attached hydrogen (secondary N) is 1. The molecule has 2 rings (SSSR count). The Kier molecular flexibility index (Phi) is 4.63. The number of rotatable bonds is 3. The van der Waals surface area contributed by atoms with Crippen LogP contribution in [0, 0.1) is 12.7 Å². The maximum absolute atomic E-state index is 13.5. The van der Waals surface area contributed by atoms with E-state index in [0.29, 0.717) is 15.6 Å². The average molecular weight is 312 g/mol. The van der Waals surface area contributed by atoms with Gasteiger partial charge in [0.1, 0.15) is 5.82 Å². The maximum atomic E-state index is 13.5. The summed E-state index contributed by atoms with van der Waals surface area (Å²) in [7, 11) is 0. The van der Waals surface area contributed by atoms with Gasteiger partial charge in [0.2, 0.25) is 5.91 Å². The number of carbonyl (C=O) groups is 1. The molecule has 0 heterocycles. The first-order chi connectivity index (χ1) is 9.45. The second-order valence-electron chi connectivity index (χ2n) is 4.44. The normalized spacial score (nSPS) is 10.4. The van der Waals surface area contributed by atoms with Crippen LogP contribution in [0.2, 0.25) is 10.0 Å². The van der Waals surface area contributed by atoms with Crippen molar-refractivity contribution >= 4 is 34.8 Å². The predicted octanol–water partition coefficient (Wildman–Crippen LogP) is 4.62. The highest BCUT2D eigenvalue weighted by Gasteiger charge is 2.10. The number of benzene rings is 2. The van der Waals surface area contributed by atoms with Crippen LogP contribution >= 0.6 is 23.2 Å². The lowest BCUT2D eigenvalue weighted by atomic mass is 10.1. The van der Waals surface area contributed by atoms with E-state index in [9.17, 15) is 9.18 Å². The van der Waals surface area contributed by atoms with E-state index in [0.717, 1.165) is 5.56 Å². The second-order valence-corrected chi connectivity index (χ2v) is 5.29. The second kappa shape index (κ2) is 6.25. The molecule has 0 aliphatic heterocycles. The van der Waals surface area contributed by atoms with Gasteiger partial charge >= 0.3 is 0 Å². The first-order valence-electron chi connectivity index (χ1n) is 5.95. The van der Waals surface area contributed by atoms with Gasteiger partial charge in [0.15, 0.2) is 0 Å². The van der Waals surface area contributed by atoms with Crippen LogP contribution in [0.1, 0.15) is 11.1 Å². The lowest BCUT2D eigenvalue weighted by molar-refractivity contribution is -0.115. The summed E-state index contributed by atoms with van der Waals surface area (Å²) in [5, 5.41) is 3.45. The monoisotopic (exact) mass is 311 g/mol. The van der Waals surface area contributed by atoms with Crippen LogP contribution in [0.4, 0.5) is 10.1 Å². The van der Waals surface area contributed by atoms with Crippen molar-refractivity contribution in [2.24, 2.45) is 0 Å². The summed E-state index contributed by atoms with van der Waals surface area (Å²) >= 11 is 11.8. The maximum Gasteiger partial charge on any atom is 0.228 e. The molecule has 0 unspecified atom stereocenters. The van der Waals surface area contributed by atoms with Crippen molar-refractivity contribution in [3.8, 4) is 0 Å². The van der Waals surface area contributed by atoms with Gasteiger partial charge in [-0.2, -0.15) is 0 Å². The molecule has 0 spiro atoms. The number of amides is 1. The molecule has 2 aromatic carbocycles. The molecule has 0 aliphatic rings. The number of hydrogen-bond acceptors (Lipinski definition) is 1. The molecule has 0 saturated carbocycles. The predicted molar refractivity (Wildman–Crippen MR) is 79.9 cm³/mol. The Bertz CT molecular complexity index is 658. The summed E-state index contributed by atoms with van der Waals surface area (Å²) < 4.78 is 13.5. The Balaban J connectivity index is 2.11. The van der Waals surface area contributed by atoms with Gasteiger partial charge in [-0.15, -0.1) is 0 Å². The van der Waals surface area contributed by atoms with Crippen molar-refractivity contribution in [2.75, 3.05) is 5.32 Å². The summed E-state index contributed by atoms with van der Waals surface area (Å²) in [6.07, 6.45) is 0.0589. The van der Waals surface area contributed by atoms with Gasteiger partial charge < -0.3 is 5.32 Å². The van der Waals surface area contributed by atoms with E-state index in [-0.39, 0.29) is 18.0 Å². The molecular formula is C15H12Cl2FNO. The number of hydrogen-bond donors (Lipinski definition) is 1. The van der Waals surface area contributed by atoms with Crippen LogP contribution in [0.15, 0.2) is 36.4 Å². The van der Waals surface area contributed by atoms with Gasteiger partial charge in [-0.05, 0) is 42.3 Å². The van der Waals surface area contributed by atoms with Gasteiger partial charge in [0, 0.05) is 10.0 Å². The Labute approximate surface area is 126 Å². The molecule has 1 N–H and O–H groups in total. The number of anilines is 1. The van der Waals surface area contributed by atoms with Crippen molar-refractivity contribution in [2.45, 2.75) is 13.3 Å². The lowest BCUT2D eigenvalue weighted by Gasteiger charge is -2.08. The number of aryl methyl sites for hydroxylation is 1. The smallest absolute Gasteiger partial charge is 0.228 e. The molecule has 0 saturated heterocycles. The van der Waals surface area contributed by atoms with Crippen LogP contribution < -0.4 is 5.32 Å². The fraction of sp³-hybridized carbons (Fsp3) is 0.133. The average Bonchev–Trinajstić information content (AvgIpc) is 2.37. The highest BCUT2D eigenvalue weighted by molar-refractivity contribution is 6.35. The summed E-state index contributed by atoms with van der Waals surface area (Å²) in [6.45, 7) is 1.82. The molecule has 104 valence electrons. The largest absolute Gasteiger partial charge is 0.323 e. The van der Waals surface area contributed by atoms with Crippen LogP contribution in [0.25, 0.3) is 0 Å². The number of halogens is 3. The summed E-state index contributed by atoms with van der Waals surface area (Å²) in [5.41, 5.74) is 1.67. The zero-order chi connectivity index (χ0) is 14.7. The molecule has 0 radical (unpaired) electrons. The SMILES string of the molecule is Cc1ccc(F)c(NC(=O)Cc2ccc(Cl)cc2Cl)c1. The minimum atomic E-state index is -0.467. The molecule has 5 heteroatoms. The van der Waals surface area contributed by atoms with Gasteiger partial charge in [-0.1, -0.05) is 35.3 Å². The van der Waals surface area contributed by atoms with E-state index >= 15 is 0 Å². The first-order valence-corrected chi connectivity index (χ1v) is 6.71. The van der Waals surface area contributed by atoms with Crippen LogP contribution in [0.5, 0.6) is 0 Å². The quantitative estimate of drug-likeness (QED) is 0.880. The van der Waals surface area contributed by atoms with Crippen molar-refractivity contribution in [3.63, 3.8) is 0 Å². The van der Waals surface area contributed by atoms with Crippen LogP contribution in [0.3, 0.4) is 0 Å². The molecule has 2 aromatic rings. The fourth-order valence-corrected chi connectivity index (χ4v) is 2.24. The highest BCUT2D eigenvalue weighted by atomic mass is 35.5. The Hall–Kier alpha value is -1.58. The van der Waals surface area contributed by atoms with E-state index < -0.39 is 5.82 Å². The topological polar surface area (TPSA) is 29.1 Å². The van der Waals surface area contributed by atoms with Crippen molar-refractivity contribution in [1.29, 1.82) is 0 Å². The molecule has 20 heavy (non-hydrogen) atoms. The van der Waals surface area contributed by atoms with Crippen LogP contribution in [-0.2, 0) is 11.2 Å². The number of carbonyl (C=O) groups excluding carboxylic acids is 1. The molecule has 0 fully saturated rings. The molecule has 0 aromatic heterocycles. The molecule has 0 bridgehead atoms. The standard InChI is InChI=1S/C15H12Cl2FNO/c1-9-2-5-13(18)14(6-9)19-15(20)7-10-3-4-11(16)8-12(10)17/h2-6,8H,7H2,1H3,(H,19,20). The lowest BCUT2D eigenvalue weighted by Crippen LogP contribution is -2.15. The van der Waals surface area contributed by atoms with Crippen molar-refractivity contribution < 1.29 is 9.18 Å². The Morgan fingerprint density at radius 2 is 1.95 bits per heavy atom. The van der Waals surface area contributed by atoms with Gasteiger partial charge in [-0.25, -0.2) is 4.39 Å². The summed E-state index contributed by atoms with van der Waals surface area (Å²) in [5.74, 6) is -0.801. The summed E-state index contributed by atoms with van der Waals surface area (Å²) in [4.78, 5) is 11.9. The van der Waals surface area contributed by atoms with E-state index in [1.54, 1.807) is 30.3 Å². The Morgan fingerprint density at radius 1 is 1.20 bits per heavy atom. The van der Waals surface area contributed by atoms with Gasteiger partial charge in [-0.3, -0.25) is 4.79 Å². The van der Waals surface area contributed by atoms with E-state index in [2.05, 4.69) is 5.32 Å². The van der Waals surface area contributed by atoms with Gasteiger partial charge in [0.25, 0.3) is 0 Å². The van der Waals surface area contributed by atoms with Crippen molar-refractivity contribution in [1.82, 2.24) is 0 Å². The Morgan fingerprint density at radius 3 is 2.65 bits per heavy atom. The highest BCUT2D eigenvalue weighted by Crippen LogP contribution is 2.22. The van der Waals surface area contributed by atoms with Gasteiger partial charge in [0.05, 0.1) is 12.1 Å². The molecule has 0 aliphatic carbocycles. The van der Waals surface area contributed by atoms with E-state index in [1.165, 1.54) is 6.07 Å². The fourth-order valence-electron chi connectivity index (χ4n) is 1.77. The zero-order valence-electron chi connectivity index (χ0n) is 10.7. The molecular weight excluding hydrogens is 300 g/mol. The third-order valence-electron chi connectivity index (χ3n) is 2.76. The molecule has 1 amide bonds. The molecule has 0 atom stereocenters. The van der Waals surface area contributed by atoms with E-state index in [4.69, 9.17) is 23.2 Å². The minimum Gasteiger partial charge on any atom is -0.323 e. The zero-order valence-corrected chi connectivity index (χ0v) is 12.2. The third kappa shape index (κ3) is 3.71. The van der Waals surface area contributed by atoms with E-state index in [1.807, 2.05) is 6.92 Å². The minimum absolute atomic E-state index is 0.0589. The van der Waals surface area contributed by atoms with Crippen LogP contribution in [-0.4, -0.2) is 5.91 Å². The molecule has 2 nitrogen and oxygen atoms in total. The van der Waals surface area contributed by atoms with Crippen molar-refractivity contribution in [3.05, 3.63) is 63.4 Å².